The smallest absolute Gasteiger partial charge is 0.239 e. The number of hydrogen-bond donors (Lipinski definition) is 1. The second-order valence-electron chi connectivity index (χ2n) is 6.15. The molecule has 2 N–H and O–H groups in total. The van der Waals surface area contributed by atoms with Gasteiger partial charge < -0.3 is 9.47 Å². The van der Waals surface area contributed by atoms with Crippen molar-refractivity contribution in [1.82, 2.24) is 4.98 Å². The van der Waals surface area contributed by atoms with Gasteiger partial charge in [0, 0.05) is 0 Å². The first-order valence-electron chi connectivity index (χ1n) is 6.86. The van der Waals surface area contributed by atoms with Crippen LogP contribution in [0, 0.1) is 11.8 Å². The zero-order valence-corrected chi connectivity index (χ0v) is 12.7. The molecule has 21 heavy (non-hydrogen) atoms. The first-order valence-corrected chi connectivity index (χ1v) is 8.79. The van der Waals surface area contributed by atoms with Gasteiger partial charge in [0.25, 0.3) is 0 Å². The molecule has 2 saturated carbocycles. The molecular weight excluding hydrogens is 316 g/mol. The molecule has 1 saturated heterocycles. The van der Waals surface area contributed by atoms with Gasteiger partial charge in [-0.3, -0.25) is 0 Å². The molecule has 2 heterocycles. The van der Waals surface area contributed by atoms with Crippen LogP contribution in [-0.2, 0) is 14.8 Å². The minimum Gasteiger partial charge on any atom is -0.476 e. The Balaban J connectivity index is 1.44. The summed E-state index contributed by atoms with van der Waals surface area (Å²) >= 11 is 6.00. The van der Waals surface area contributed by atoms with E-state index in [1.54, 1.807) is 0 Å². The van der Waals surface area contributed by atoms with Crippen LogP contribution in [0.15, 0.2) is 17.2 Å². The third-order valence-corrected chi connectivity index (χ3v) is 6.00. The molecule has 0 amide bonds. The SMILES string of the molecule is NS(=O)(=O)c1cnc(OC[C@@H]2C[C@]34CC2C[C@@H]3O4)c(Cl)c1. The van der Waals surface area contributed by atoms with Crippen LogP contribution in [0.3, 0.4) is 0 Å². The topological polar surface area (TPSA) is 94.8 Å². The Bertz CT molecular complexity index is 710. The summed E-state index contributed by atoms with van der Waals surface area (Å²) < 4.78 is 33.8. The van der Waals surface area contributed by atoms with Crippen LogP contribution >= 0.6 is 11.6 Å². The number of ether oxygens (including phenoxy) is 2. The minimum absolute atomic E-state index is 0.118. The summed E-state index contributed by atoms with van der Waals surface area (Å²) in [7, 11) is -3.80. The molecule has 3 fully saturated rings. The van der Waals surface area contributed by atoms with E-state index >= 15 is 0 Å². The molecule has 6 nitrogen and oxygen atoms in total. The van der Waals surface area contributed by atoms with Gasteiger partial charge >= 0.3 is 0 Å². The number of epoxide rings is 1. The molecule has 4 atom stereocenters. The highest BCUT2D eigenvalue weighted by Crippen LogP contribution is 2.64. The Morgan fingerprint density at radius 3 is 2.90 bits per heavy atom. The fourth-order valence-electron chi connectivity index (χ4n) is 3.78. The number of halogens is 1. The predicted molar refractivity (Wildman–Crippen MR) is 74.6 cm³/mol. The lowest BCUT2D eigenvalue weighted by atomic mass is 9.90. The van der Waals surface area contributed by atoms with Crippen molar-refractivity contribution in [1.29, 1.82) is 0 Å². The lowest BCUT2D eigenvalue weighted by Gasteiger charge is -2.19. The average molecular weight is 331 g/mol. The highest BCUT2D eigenvalue weighted by atomic mass is 35.5. The zero-order valence-electron chi connectivity index (χ0n) is 11.2. The molecule has 1 unspecified atom stereocenters. The number of nitrogens with zero attached hydrogens (tertiary/aromatic N) is 1. The van der Waals surface area contributed by atoms with Crippen molar-refractivity contribution >= 4 is 21.6 Å². The largest absolute Gasteiger partial charge is 0.476 e. The molecule has 114 valence electrons. The highest BCUT2D eigenvalue weighted by molar-refractivity contribution is 7.89. The van der Waals surface area contributed by atoms with Crippen molar-refractivity contribution in [2.75, 3.05) is 6.61 Å². The van der Waals surface area contributed by atoms with Crippen molar-refractivity contribution in [3.05, 3.63) is 17.3 Å². The number of pyridine rings is 1. The van der Waals surface area contributed by atoms with E-state index < -0.39 is 10.0 Å². The van der Waals surface area contributed by atoms with Crippen LogP contribution < -0.4 is 9.88 Å². The maximum Gasteiger partial charge on any atom is 0.239 e. The first kappa shape index (κ1) is 13.8. The number of aromatic nitrogens is 1. The number of sulfonamides is 1. The van der Waals surface area contributed by atoms with E-state index in [2.05, 4.69) is 4.98 Å². The number of rotatable bonds is 4. The Hall–Kier alpha value is -0.890. The van der Waals surface area contributed by atoms with Crippen LogP contribution in [0.1, 0.15) is 19.3 Å². The van der Waals surface area contributed by atoms with Crippen molar-refractivity contribution in [3.63, 3.8) is 0 Å². The maximum atomic E-state index is 11.2. The standard InChI is InChI=1S/C13H15ClN2O4S/c14-10-2-9(21(15,17)18)5-16-12(10)19-6-8-4-13-3-7(8)1-11(13)20-13/h2,5,7-8,11H,1,3-4,6H2,(H2,15,17,18)/t7?,8-,11-,13+/m0/s1. The quantitative estimate of drug-likeness (QED) is 0.840. The van der Waals surface area contributed by atoms with E-state index in [4.69, 9.17) is 26.2 Å². The molecule has 1 spiro atoms. The molecule has 4 rings (SSSR count). The molecule has 1 aromatic rings. The third kappa shape index (κ3) is 2.23. The second-order valence-corrected chi connectivity index (χ2v) is 8.12. The summed E-state index contributed by atoms with van der Waals surface area (Å²) in [4.78, 5) is 3.83. The normalized spacial score (nSPS) is 36.6. The lowest BCUT2D eigenvalue weighted by molar-refractivity contribution is 0.195. The third-order valence-electron chi connectivity index (χ3n) is 4.85. The fourth-order valence-corrected chi connectivity index (χ4v) is 4.54. The molecule has 3 aliphatic rings. The van der Waals surface area contributed by atoms with Gasteiger partial charge in [-0.25, -0.2) is 18.5 Å². The summed E-state index contributed by atoms with van der Waals surface area (Å²) in [5.41, 5.74) is 0.146. The Kier molecular flexibility index (Phi) is 2.83. The minimum atomic E-state index is -3.80. The van der Waals surface area contributed by atoms with Gasteiger partial charge in [0.2, 0.25) is 15.9 Å². The first-order chi connectivity index (χ1) is 9.87. The van der Waals surface area contributed by atoms with Crippen molar-refractivity contribution in [2.24, 2.45) is 17.0 Å². The van der Waals surface area contributed by atoms with E-state index in [-0.39, 0.29) is 21.4 Å². The van der Waals surface area contributed by atoms with E-state index in [9.17, 15) is 8.42 Å². The van der Waals surface area contributed by atoms with Gasteiger partial charge in [-0.05, 0) is 37.2 Å². The second kappa shape index (κ2) is 4.32. The van der Waals surface area contributed by atoms with Gasteiger partial charge in [0.15, 0.2) is 0 Å². The molecule has 1 aliphatic heterocycles. The summed E-state index contributed by atoms with van der Waals surface area (Å²) in [5, 5.41) is 5.18. The number of fused-ring (bicyclic) bond motifs is 1. The number of hydrogen-bond acceptors (Lipinski definition) is 5. The van der Waals surface area contributed by atoms with Crippen LogP contribution in [0.2, 0.25) is 5.02 Å². The zero-order chi connectivity index (χ0) is 14.8. The van der Waals surface area contributed by atoms with Gasteiger partial charge in [-0.1, -0.05) is 11.6 Å². The number of nitrogens with two attached hydrogens (primary N) is 1. The molecular formula is C13H15ClN2O4S. The molecule has 0 radical (unpaired) electrons. The van der Waals surface area contributed by atoms with Gasteiger partial charge in [0.05, 0.1) is 24.5 Å². The highest BCUT2D eigenvalue weighted by Gasteiger charge is 2.69. The molecule has 1 aromatic heterocycles. The van der Waals surface area contributed by atoms with Crippen molar-refractivity contribution < 1.29 is 17.9 Å². The molecule has 2 bridgehead atoms. The number of primary sulfonamides is 1. The summed E-state index contributed by atoms with van der Waals surface area (Å²) in [6, 6.07) is 1.26. The van der Waals surface area contributed by atoms with Crippen molar-refractivity contribution in [2.45, 2.75) is 35.9 Å². The Morgan fingerprint density at radius 1 is 1.52 bits per heavy atom. The van der Waals surface area contributed by atoms with E-state index in [1.165, 1.54) is 6.07 Å². The van der Waals surface area contributed by atoms with Gasteiger partial charge in [-0.15, -0.1) is 0 Å². The fraction of sp³-hybridized carbons (Fsp3) is 0.615. The molecule has 0 aromatic carbocycles. The van der Waals surface area contributed by atoms with Crippen LogP contribution in [0.5, 0.6) is 5.88 Å². The Morgan fingerprint density at radius 2 is 2.33 bits per heavy atom. The van der Waals surface area contributed by atoms with Crippen LogP contribution in [-0.4, -0.2) is 31.7 Å². The van der Waals surface area contributed by atoms with E-state index in [1.807, 2.05) is 0 Å². The van der Waals surface area contributed by atoms with Gasteiger partial charge in [-0.2, -0.15) is 0 Å². The van der Waals surface area contributed by atoms with E-state index in [0.29, 0.717) is 24.5 Å². The summed E-state index contributed by atoms with van der Waals surface area (Å²) in [5.74, 6) is 1.36. The molecule has 8 heteroatoms. The summed E-state index contributed by atoms with van der Waals surface area (Å²) in [6.07, 6.45) is 4.94. The monoisotopic (exact) mass is 330 g/mol. The lowest BCUT2D eigenvalue weighted by Crippen LogP contribution is -2.21. The van der Waals surface area contributed by atoms with Crippen molar-refractivity contribution in [3.8, 4) is 5.88 Å². The van der Waals surface area contributed by atoms with Crippen LogP contribution in [0.25, 0.3) is 0 Å². The predicted octanol–water partition coefficient (Wildman–Crippen LogP) is 1.33. The summed E-state index contributed by atoms with van der Waals surface area (Å²) in [6.45, 7) is 0.532. The molecule has 2 aliphatic carbocycles. The maximum absolute atomic E-state index is 11.2. The van der Waals surface area contributed by atoms with E-state index in [0.717, 1.165) is 25.5 Å². The van der Waals surface area contributed by atoms with Crippen LogP contribution in [0.4, 0.5) is 0 Å². The average Bonchev–Trinajstić information content (AvgIpc) is 2.82. The van der Waals surface area contributed by atoms with Gasteiger partial charge in [0.1, 0.15) is 9.92 Å². The Labute approximate surface area is 127 Å².